The summed E-state index contributed by atoms with van der Waals surface area (Å²) in [5, 5.41) is 10.5. The number of pyridine rings is 1. The second kappa shape index (κ2) is 2.62. The van der Waals surface area contributed by atoms with Crippen molar-refractivity contribution in [3.63, 3.8) is 0 Å². The number of phenols is 1. The fraction of sp³-hybridized carbons (Fsp3) is 0.100. The molecule has 0 unspecified atom stereocenters. The van der Waals surface area contributed by atoms with Gasteiger partial charge in [-0.2, -0.15) is 0 Å². The Labute approximate surface area is 74.7 Å². The maximum Gasteiger partial charge on any atom is 0.259 e. The lowest BCUT2D eigenvalue weighted by Gasteiger charge is -2.00. The molecule has 0 aliphatic heterocycles. The van der Waals surface area contributed by atoms with Crippen LogP contribution in [-0.4, -0.2) is 10.1 Å². The zero-order chi connectivity index (χ0) is 9.42. The summed E-state index contributed by atoms with van der Waals surface area (Å²) < 4.78 is 0. The number of aromatic nitrogens is 1. The Morgan fingerprint density at radius 3 is 2.92 bits per heavy atom. The van der Waals surface area contributed by atoms with Crippen molar-refractivity contribution in [2.75, 3.05) is 0 Å². The average Bonchev–Trinajstić information content (AvgIpc) is 2.02. The monoisotopic (exact) mass is 175 g/mol. The first-order valence-corrected chi connectivity index (χ1v) is 4.00. The van der Waals surface area contributed by atoms with Crippen LogP contribution < -0.4 is 5.56 Å². The standard InChI is InChI=1S/C10H9NO2/c1-6-5-7-3-2-4-8(12)9(7)10(13)11-6/h2-5,12H,1H3,(H,11,13). The molecule has 0 aliphatic rings. The van der Waals surface area contributed by atoms with Crippen molar-refractivity contribution in [2.24, 2.45) is 0 Å². The molecule has 0 saturated heterocycles. The molecular formula is C10H9NO2. The molecule has 1 aromatic carbocycles. The summed E-state index contributed by atoms with van der Waals surface area (Å²) in [5.74, 6) is 0.0266. The number of nitrogens with one attached hydrogen (secondary N) is 1. The lowest BCUT2D eigenvalue weighted by molar-refractivity contribution is 0.481. The number of aryl methyl sites for hydroxylation is 1. The molecule has 66 valence electrons. The molecule has 0 radical (unpaired) electrons. The number of aromatic hydroxyl groups is 1. The number of hydrogen-bond donors (Lipinski definition) is 2. The van der Waals surface area contributed by atoms with Crippen LogP contribution in [0.5, 0.6) is 5.75 Å². The summed E-state index contributed by atoms with van der Waals surface area (Å²) in [4.78, 5) is 14.0. The molecule has 0 aliphatic carbocycles. The van der Waals surface area contributed by atoms with Crippen LogP contribution in [-0.2, 0) is 0 Å². The maximum atomic E-state index is 11.4. The zero-order valence-electron chi connectivity index (χ0n) is 7.16. The molecule has 1 aromatic heterocycles. The third-order valence-electron chi connectivity index (χ3n) is 1.98. The Hall–Kier alpha value is -1.77. The first-order chi connectivity index (χ1) is 6.18. The first kappa shape index (κ1) is 7.86. The minimum Gasteiger partial charge on any atom is -0.507 e. The number of H-pyrrole nitrogens is 1. The van der Waals surface area contributed by atoms with E-state index in [0.717, 1.165) is 11.1 Å². The van der Waals surface area contributed by atoms with E-state index in [-0.39, 0.29) is 11.3 Å². The van der Waals surface area contributed by atoms with Crippen LogP contribution in [0.4, 0.5) is 0 Å². The lowest BCUT2D eigenvalue weighted by Crippen LogP contribution is -2.07. The number of benzene rings is 1. The summed E-state index contributed by atoms with van der Waals surface area (Å²) in [6, 6.07) is 6.86. The average molecular weight is 175 g/mol. The highest BCUT2D eigenvalue weighted by Gasteiger charge is 2.03. The minimum atomic E-state index is -0.242. The highest BCUT2D eigenvalue weighted by molar-refractivity contribution is 5.87. The van der Waals surface area contributed by atoms with E-state index in [2.05, 4.69) is 4.98 Å². The Kier molecular flexibility index (Phi) is 1.59. The molecule has 2 N–H and O–H groups in total. The fourth-order valence-corrected chi connectivity index (χ4v) is 1.44. The van der Waals surface area contributed by atoms with Crippen LogP contribution in [0.25, 0.3) is 10.8 Å². The van der Waals surface area contributed by atoms with Gasteiger partial charge < -0.3 is 10.1 Å². The molecule has 3 heteroatoms. The smallest absolute Gasteiger partial charge is 0.259 e. The van der Waals surface area contributed by atoms with Crippen molar-refractivity contribution in [1.29, 1.82) is 0 Å². The van der Waals surface area contributed by atoms with Crippen LogP contribution >= 0.6 is 0 Å². The van der Waals surface area contributed by atoms with E-state index in [1.165, 1.54) is 6.07 Å². The second-order valence-electron chi connectivity index (χ2n) is 3.02. The molecule has 0 amide bonds. The summed E-state index contributed by atoms with van der Waals surface area (Å²) >= 11 is 0. The van der Waals surface area contributed by atoms with Gasteiger partial charge in [-0.3, -0.25) is 4.79 Å². The van der Waals surface area contributed by atoms with Crippen LogP contribution in [0.3, 0.4) is 0 Å². The van der Waals surface area contributed by atoms with E-state index >= 15 is 0 Å². The molecule has 0 atom stereocenters. The van der Waals surface area contributed by atoms with Gasteiger partial charge in [-0.25, -0.2) is 0 Å². The third-order valence-corrected chi connectivity index (χ3v) is 1.98. The molecule has 0 spiro atoms. The van der Waals surface area contributed by atoms with Gasteiger partial charge >= 0.3 is 0 Å². The van der Waals surface area contributed by atoms with E-state index in [0.29, 0.717) is 5.39 Å². The van der Waals surface area contributed by atoms with Crippen LogP contribution in [0, 0.1) is 6.92 Å². The van der Waals surface area contributed by atoms with Gasteiger partial charge in [-0.15, -0.1) is 0 Å². The third kappa shape index (κ3) is 1.18. The van der Waals surface area contributed by atoms with E-state index in [1.807, 2.05) is 13.0 Å². The molecule has 0 bridgehead atoms. The van der Waals surface area contributed by atoms with Gasteiger partial charge in [0.25, 0.3) is 5.56 Å². The second-order valence-corrected chi connectivity index (χ2v) is 3.02. The molecule has 2 aromatic rings. The van der Waals surface area contributed by atoms with E-state index in [4.69, 9.17) is 0 Å². The van der Waals surface area contributed by atoms with Gasteiger partial charge in [0.2, 0.25) is 0 Å². The predicted octanol–water partition coefficient (Wildman–Crippen LogP) is 1.54. The minimum absolute atomic E-state index is 0.0266. The summed E-state index contributed by atoms with van der Waals surface area (Å²) in [5.41, 5.74) is 0.552. The number of fused-ring (bicyclic) bond motifs is 1. The van der Waals surface area contributed by atoms with Crippen molar-refractivity contribution in [2.45, 2.75) is 6.92 Å². The Morgan fingerprint density at radius 2 is 2.15 bits per heavy atom. The van der Waals surface area contributed by atoms with Crippen molar-refractivity contribution in [3.05, 3.63) is 40.3 Å². The summed E-state index contributed by atoms with van der Waals surface area (Å²) in [7, 11) is 0. The highest BCUT2D eigenvalue weighted by atomic mass is 16.3. The highest BCUT2D eigenvalue weighted by Crippen LogP contribution is 2.20. The molecular weight excluding hydrogens is 166 g/mol. The van der Waals surface area contributed by atoms with Gasteiger partial charge in [-0.05, 0) is 24.4 Å². The largest absolute Gasteiger partial charge is 0.507 e. The van der Waals surface area contributed by atoms with Crippen molar-refractivity contribution in [1.82, 2.24) is 4.98 Å². The number of hydrogen-bond acceptors (Lipinski definition) is 2. The molecule has 2 rings (SSSR count). The van der Waals surface area contributed by atoms with Crippen LogP contribution in [0.1, 0.15) is 5.69 Å². The molecule has 0 fully saturated rings. The van der Waals surface area contributed by atoms with Crippen molar-refractivity contribution < 1.29 is 5.11 Å². The molecule has 3 nitrogen and oxygen atoms in total. The number of phenolic OH excluding ortho intramolecular Hbond substituents is 1. The number of rotatable bonds is 0. The van der Waals surface area contributed by atoms with Gasteiger partial charge in [-0.1, -0.05) is 12.1 Å². The van der Waals surface area contributed by atoms with E-state index < -0.39 is 0 Å². The van der Waals surface area contributed by atoms with Crippen molar-refractivity contribution in [3.8, 4) is 5.75 Å². The lowest BCUT2D eigenvalue weighted by atomic mass is 10.1. The Bertz CT molecular complexity index is 514. The summed E-state index contributed by atoms with van der Waals surface area (Å²) in [6.45, 7) is 1.81. The van der Waals surface area contributed by atoms with Gasteiger partial charge in [0.05, 0.1) is 5.39 Å². The number of aromatic amines is 1. The summed E-state index contributed by atoms with van der Waals surface area (Å²) in [6.07, 6.45) is 0. The van der Waals surface area contributed by atoms with Crippen molar-refractivity contribution >= 4 is 10.8 Å². The maximum absolute atomic E-state index is 11.4. The fourth-order valence-electron chi connectivity index (χ4n) is 1.44. The van der Waals surface area contributed by atoms with Crippen LogP contribution in [0.15, 0.2) is 29.1 Å². The SMILES string of the molecule is Cc1cc2cccc(O)c2c(=O)[nH]1. The Balaban J connectivity index is 3.03. The molecule has 0 saturated carbocycles. The van der Waals surface area contributed by atoms with E-state index in [1.54, 1.807) is 12.1 Å². The van der Waals surface area contributed by atoms with Crippen LogP contribution in [0.2, 0.25) is 0 Å². The first-order valence-electron chi connectivity index (χ1n) is 4.00. The topological polar surface area (TPSA) is 53.1 Å². The zero-order valence-corrected chi connectivity index (χ0v) is 7.16. The van der Waals surface area contributed by atoms with Gasteiger partial charge in [0.15, 0.2) is 0 Å². The molecule has 13 heavy (non-hydrogen) atoms. The van der Waals surface area contributed by atoms with Gasteiger partial charge in [0, 0.05) is 5.69 Å². The normalized spacial score (nSPS) is 10.5. The quantitative estimate of drug-likeness (QED) is 0.638. The predicted molar refractivity (Wildman–Crippen MR) is 51.0 cm³/mol. The van der Waals surface area contributed by atoms with E-state index in [9.17, 15) is 9.90 Å². The molecule has 1 heterocycles. The Morgan fingerprint density at radius 1 is 1.38 bits per heavy atom. The van der Waals surface area contributed by atoms with Gasteiger partial charge in [0.1, 0.15) is 5.75 Å².